The van der Waals surface area contributed by atoms with Gasteiger partial charge in [-0.3, -0.25) is 9.69 Å². The van der Waals surface area contributed by atoms with E-state index >= 15 is 0 Å². The second kappa shape index (κ2) is 5.86. The van der Waals surface area contributed by atoms with Crippen LogP contribution in [0.1, 0.15) is 17.0 Å². The monoisotopic (exact) mass is 354 g/mol. The summed E-state index contributed by atoms with van der Waals surface area (Å²) in [6.45, 7) is 4.44. The zero-order valence-corrected chi connectivity index (χ0v) is 14.3. The minimum absolute atomic E-state index is 0.0845. The Kier molecular flexibility index (Phi) is 3.93. The van der Waals surface area contributed by atoms with Crippen LogP contribution in [-0.4, -0.2) is 80.6 Å². The van der Waals surface area contributed by atoms with Crippen molar-refractivity contribution in [3.05, 3.63) is 24.2 Å². The van der Waals surface area contributed by atoms with Gasteiger partial charge in [0, 0.05) is 32.7 Å². The summed E-state index contributed by atoms with van der Waals surface area (Å²) >= 11 is 0. The van der Waals surface area contributed by atoms with Gasteiger partial charge in [-0.25, -0.2) is 8.42 Å². The van der Waals surface area contributed by atoms with Crippen molar-refractivity contribution in [1.29, 1.82) is 0 Å². The summed E-state index contributed by atoms with van der Waals surface area (Å²) in [6.07, 6.45) is 2.14. The predicted molar refractivity (Wildman–Crippen MR) is 86.5 cm³/mol. The summed E-state index contributed by atoms with van der Waals surface area (Å²) < 4.78 is 35.1. The number of hydrogen-bond donors (Lipinski definition) is 0. The molecule has 0 aliphatic carbocycles. The molecule has 1 aromatic heterocycles. The zero-order chi connectivity index (χ0) is 16.8. The van der Waals surface area contributed by atoms with Crippen molar-refractivity contribution in [3.8, 4) is 0 Å². The van der Waals surface area contributed by atoms with Crippen molar-refractivity contribution < 1.29 is 22.4 Å². The summed E-state index contributed by atoms with van der Waals surface area (Å²) in [5.74, 6) is 0.356. The summed E-state index contributed by atoms with van der Waals surface area (Å²) in [7, 11) is -3.17. The lowest BCUT2D eigenvalue weighted by Crippen LogP contribution is -2.69. The van der Waals surface area contributed by atoms with Crippen LogP contribution in [0.5, 0.6) is 0 Å². The second-order valence-electron chi connectivity index (χ2n) is 6.92. The highest BCUT2D eigenvalue weighted by Crippen LogP contribution is 2.45. The molecule has 4 heterocycles. The van der Waals surface area contributed by atoms with Gasteiger partial charge in [0.05, 0.1) is 25.2 Å². The highest BCUT2D eigenvalue weighted by Gasteiger charge is 2.62. The first-order valence-electron chi connectivity index (χ1n) is 8.37. The molecule has 1 amide bonds. The van der Waals surface area contributed by atoms with Crippen LogP contribution in [-0.2, 0) is 14.6 Å². The molecule has 0 N–H and O–H groups in total. The number of hydrogen-bond acceptors (Lipinski definition) is 6. The molecule has 0 bridgehead atoms. The quantitative estimate of drug-likeness (QED) is 0.774. The van der Waals surface area contributed by atoms with Crippen molar-refractivity contribution in [2.24, 2.45) is 5.92 Å². The molecule has 3 saturated heterocycles. The predicted octanol–water partition coefficient (Wildman–Crippen LogP) is 0.241. The summed E-state index contributed by atoms with van der Waals surface area (Å²) in [5.41, 5.74) is 0. The molecule has 4 rings (SSSR count). The highest BCUT2D eigenvalue weighted by molar-refractivity contribution is 7.93. The van der Waals surface area contributed by atoms with E-state index in [-0.39, 0.29) is 36.4 Å². The molecule has 0 radical (unpaired) electrons. The summed E-state index contributed by atoms with van der Waals surface area (Å²) in [4.78, 5) is 16.2. The van der Waals surface area contributed by atoms with Gasteiger partial charge in [0.15, 0.2) is 15.6 Å². The van der Waals surface area contributed by atoms with Crippen molar-refractivity contribution in [2.45, 2.75) is 11.2 Å². The Morgan fingerprint density at radius 3 is 2.71 bits per heavy atom. The number of furan rings is 1. The lowest BCUT2D eigenvalue weighted by molar-refractivity contribution is 0.0133. The molecule has 0 saturated carbocycles. The molecule has 1 spiro atoms. The van der Waals surface area contributed by atoms with E-state index in [9.17, 15) is 13.2 Å². The number of amides is 1. The fourth-order valence-corrected chi connectivity index (χ4v) is 6.53. The maximum atomic E-state index is 12.7. The van der Waals surface area contributed by atoms with E-state index in [0.717, 1.165) is 19.6 Å². The minimum atomic E-state index is -3.17. The van der Waals surface area contributed by atoms with Crippen molar-refractivity contribution in [3.63, 3.8) is 0 Å². The molecule has 0 aromatic carbocycles. The third-order valence-corrected chi connectivity index (χ3v) is 8.22. The number of rotatable bonds is 3. The van der Waals surface area contributed by atoms with E-state index < -0.39 is 14.6 Å². The van der Waals surface area contributed by atoms with E-state index in [1.165, 1.54) is 6.26 Å². The molecule has 3 aliphatic rings. The third-order valence-electron chi connectivity index (χ3n) is 5.62. The Morgan fingerprint density at radius 2 is 2.04 bits per heavy atom. The van der Waals surface area contributed by atoms with Crippen LogP contribution in [0.3, 0.4) is 0 Å². The molecule has 24 heavy (non-hydrogen) atoms. The molecule has 1 unspecified atom stereocenters. The van der Waals surface area contributed by atoms with Crippen molar-refractivity contribution in [2.75, 3.05) is 51.7 Å². The number of nitrogens with zero attached hydrogens (tertiary/aromatic N) is 2. The smallest absolute Gasteiger partial charge is 0.289 e. The molecule has 1 atom stereocenters. The van der Waals surface area contributed by atoms with Crippen LogP contribution >= 0.6 is 0 Å². The van der Waals surface area contributed by atoms with Crippen molar-refractivity contribution >= 4 is 15.7 Å². The van der Waals surface area contributed by atoms with Gasteiger partial charge in [0.1, 0.15) is 4.75 Å². The number of likely N-dealkylation sites (tertiary alicyclic amines) is 1. The molecule has 3 fully saturated rings. The van der Waals surface area contributed by atoms with Gasteiger partial charge in [0.2, 0.25) is 0 Å². The topological polar surface area (TPSA) is 80.1 Å². The first kappa shape index (κ1) is 16.1. The van der Waals surface area contributed by atoms with Crippen LogP contribution in [0.4, 0.5) is 0 Å². The van der Waals surface area contributed by atoms with Gasteiger partial charge in [-0.1, -0.05) is 0 Å². The summed E-state index contributed by atoms with van der Waals surface area (Å²) in [5, 5.41) is 0. The maximum Gasteiger partial charge on any atom is 0.289 e. The number of ether oxygens (including phenoxy) is 1. The Morgan fingerprint density at radius 1 is 1.29 bits per heavy atom. The fraction of sp³-hybridized carbons (Fsp3) is 0.688. The lowest BCUT2D eigenvalue weighted by atomic mass is 9.82. The van der Waals surface area contributed by atoms with Gasteiger partial charge in [0.25, 0.3) is 5.91 Å². The molecule has 3 aliphatic heterocycles. The van der Waals surface area contributed by atoms with E-state index in [1.54, 1.807) is 17.0 Å². The van der Waals surface area contributed by atoms with Gasteiger partial charge in [-0.2, -0.15) is 0 Å². The Hall–Kier alpha value is -1.38. The van der Waals surface area contributed by atoms with E-state index in [1.807, 2.05) is 0 Å². The minimum Gasteiger partial charge on any atom is -0.459 e. The average molecular weight is 354 g/mol. The van der Waals surface area contributed by atoms with Crippen LogP contribution in [0.25, 0.3) is 0 Å². The van der Waals surface area contributed by atoms with E-state index in [0.29, 0.717) is 19.6 Å². The van der Waals surface area contributed by atoms with E-state index in [4.69, 9.17) is 9.15 Å². The van der Waals surface area contributed by atoms with Gasteiger partial charge in [-0.15, -0.1) is 0 Å². The zero-order valence-electron chi connectivity index (χ0n) is 13.5. The number of sulfone groups is 1. The van der Waals surface area contributed by atoms with Crippen molar-refractivity contribution in [1.82, 2.24) is 9.80 Å². The van der Waals surface area contributed by atoms with Crippen LogP contribution in [0, 0.1) is 5.92 Å². The lowest BCUT2D eigenvalue weighted by Gasteiger charge is -2.50. The normalized spacial score (nSPS) is 28.8. The second-order valence-corrected chi connectivity index (χ2v) is 9.37. The van der Waals surface area contributed by atoms with E-state index in [2.05, 4.69) is 4.90 Å². The molecule has 132 valence electrons. The van der Waals surface area contributed by atoms with Gasteiger partial charge >= 0.3 is 0 Å². The molecule has 1 aromatic rings. The first-order chi connectivity index (χ1) is 11.5. The number of morpholine rings is 1. The standard InChI is InChI=1S/C16H22N2O5S/c19-15(14-2-1-6-23-14)18-11-16(12-18)13(3-9-24(16,20)21)10-17-4-7-22-8-5-17/h1-2,6,13H,3-5,7-12H2. The fourth-order valence-electron chi connectivity index (χ4n) is 4.13. The molecule has 7 nitrogen and oxygen atoms in total. The summed E-state index contributed by atoms with van der Waals surface area (Å²) in [6, 6.07) is 3.28. The maximum absolute atomic E-state index is 12.7. The Balaban J connectivity index is 1.48. The van der Waals surface area contributed by atoms with Crippen LogP contribution < -0.4 is 0 Å². The third kappa shape index (κ3) is 2.48. The van der Waals surface area contributed by atoms with Gasteiger partial charge in [-0.05, 0) is 24.5 Å². The SMILES string of the molecule is O=C(c1ccco1)N1CC2(C1)C(CN1CCOCC1)CCS2(=O)=O. The first-order valence-corrected chi connectivity index (χ1v) is 10.0. The number of carbonyl (C=O) groups excluding carboxylic acids is 1. The number of carbonyl (C=O) groups is 1. The Bertz CT molecular complexity index is 703. The highest BCUT2D eigenvalue weighted by atomic mass is 32.2. The van der Waals surface area contributed by atoms with Crippen LogP contribution in [0.2, 0.25) is 0 Å². The molecular formula is C16H22N2O5S. The molecular weight excluding hydrogens is 332 g/mol. The Labute approximate surface area is 141 Å². The largest absolute Gasteiger partial charge is 0.459 e. The average Bonchev–Trinajstić information content (AvgIpc) is 3.13. The van der Waals surface area contributed by atoms with Crippen LogP contribution in [0.15, 0.2) is 22.8 Å². The molecule has 8 heteroatoms. The van der Waals surface area contributed by atoms with Gasteiger partial charge < -0.3 is 14.1 Å².